The fourth-order valence-electron chi connectivity index (χ4n) is 1.61. The summed E-state index contributed by atoms with van der Waals surface area (Å²) in [4.78, 5) is 0. The van der Waals surface area contributed by atoms with Crippen LogP contribution in [0.3, 0.4) is 0 Å². The van der Waals surface area contributed by atoms with Crippen molar-refractivity contribution in [3.63, 3.8) is 0 Å². The van der Waals surface area contributed by atoms with Crippen LogP contribution in [-0.2, 0) is 23.1 Å². The second-order valence-corrected chi connectivity index (χ2v) is 11.0. The number of aryl methyl sites for hydroxylation is 1. The summed E-state index contributed by atoms with van der Waals surface area (Å²) < 4.78 is 0. The molecule has 2 rings (SSSR count). The van der Waals surface area contributed by atoms with E-state index < -0.39 is 8.07 Å². The normalized spacial score (nSPS) is 10.1. The Morgan fingerprint density at radius 1 is 1.00 bits per heavy atom. The van der Waals surface area contributed by atoms with Gasteiger partial charge in [0.05, 0.1) is 0 Å². The Labute approximate surface area is 117 Å². The van der Waals surface area contributed by atoms with Crippen LogP contribution in [0, 0.1) is 6.92 Å². The molecule has 0 radical (unpaired) electrons. The van der Waals surface area contributed by atoms with Crippen molar-refractivity contribution in [2.45, 2.75) is 32.6 Å². The second kappa shape index (κ2) is 7.70. The second-order valence-electron chi connectivity index (χ2n) is 5.49. The molecule has 0 heterocycles. The first kappa shape index (κ1) is 16.4. The van der Waals surface area contributed by atoms with Gasteiger partial charge in [-0.25, -0.2) is 18.2 Å². The van der Waals surface area contributed by atoms with E-state index in [4.69, 9.17) is 0 Å². The van der Waals surface area contributed by atoms with Crippen LogP contribution < -0.4 is 0 Å². The van der Waals surface area contributed by atoms with Gasteiger partial charge in [0.2, 0.25) is 0 Å². The maximum absolute atomic E-state index is 2.40. The van der Waals surface area contributed by atoms with Crippen LogP contribution in [0.25, 0.3) is 0 Å². The van der Waals surface area contributed by atoms with E-state index in [-0.39, 0.29) is 17.1 Å². The predicted molar refractivity (Wildman–Crippen MR) is 75.9 cm³/mol. The Bertz CT molecular complexity index is 365. The summed E-state index contributed by atoms with van der Waals surface area (Å²) in [6.45, 7) is 9.29. The van der Waals surface area contributed by atoms with Crippen molar-refractivity contribution < 1.29 is 17.1 Å². The van der Waals surface area contributed by atoms with Gasteiger partial charge in [-0.1, -0.05) is 26.6 Å². The molecule has 0 amide bonds. The molecule has 0 unspecified atom stereocenters. The Balaban J connectivity index is 0.000000316. The van der Waals surface area contributed by atoms with Gasteiger partial charge in [-0.15, -0.1) is 0 Å². The van der Waals surface area contributed by atoms with Crippen molar-refractivity contribution >= 4 is 8.07 Å². The summed E-state index contributed by atoms with van der Waals surface area (Å²) in [6.07, 6.45) is 0. The molecule has 0 saturated carbocycles. The third-order valence-corrected chi connectivity index (χ3v) is 3.76. The zero-order valence-electron chi connectivity index (χ0n) is 11.2. The average Bonchev–Trinajstić information content (AvgIpc) is 2.76. The monoisotopic (exact) mass is 286 g/mol. The molecular weight excluding hydrogens is 264 g/mol. The van der Waals surface area contributed by atoms with Crippen molar-refractivity contribution in [3.8, 4) is 0 Å². The van der Waals surface area contributed by atoms with Crippen LogP contribution in [0.4, 0.5) is 0 Å². The quantitative estimate of drug-likeness (QED) is 0.562. The van der Waals surface area contributed by atoms with Crippen molar-refractivity contribution in [1.82, 2.24) is 0 Å². The van der Waals surface area contributed by atoms with E-state index in [2.05, 4.69) is 63.0 Å². The van der Waals surface area contributed by atoms with Crippen LogP contribution >= 0.6 is 0 Å². The number of rotatable bonds is 2. The van der Waals surface area contributed by atoms with Crippen LogP contribution in [0.2, 0.25) is 19.6 Å². The molecule has 17 heavy (non-hydrogen) atoms. The maximum atomic E-state index is 2.40. The Kier molecular flexibility index (Phi) is 7.45. The van der Waals surface area contributed by atoms with Crippen molar-refractivity contribution in [3.05, 3.63) is 59.7 Å². The van der Waals surface area contributed by atoms with E-state index in [1.54, 1.807) is 0 Å². The van der Waals surface area contributed by atoms with Gasteiger partial charge < -0.3 is 29.8 Å². The number of hydrogen-bond donors (Lipinski definition) is 0. The fraction of sp³-hybridized carbons (Fsp3) is 0.333. The van der Waals surface area contributed by atoms with E-state index in [9.17, 15) is 0 Å². The van der Waals surface area contributed by atoms with Gasteiger partial charge in [0.1, 0.15) is 0 Å². The summed E-state index contributed by atoms with van der Waals surface area (Å²) in [5, 5.41) is 0. The number of hydrogen-bond acceptors (Lipinski definition) is 0. The van der Waals surface area contributed by atoms with Gasteiger partial charge in [0.25, 0.3) is 0 Å². The molecular formula is C15H22FeSi-6. The molecule has 0 aliphatic heterocycles. The Morgan fingerprint density at radius 3 is 1.76 bits per heavy atom. The molecule has 2 aromatic rings. The summed E-state index contributed by atoms with van der Waals surface area (Å²) in [5.74, 6) is 0. The molecule has 2 heteroatoms. The Morgan fingerprint density at radius 2 is 1.47 bits per heavy atom. The standard InChI is InChI=1S/C9H15Si.C6H7.Fe/c1-10(2,3)8-9-6-4-5-7-9;1-6-4-2-3-5-6;/h4-7H,8H2,1-3H3;2-5H,1H3;/q-5;-1;. The molecule has 0 spiro atoms. The van der Waals surface area contributed by atoms with E-state index in [0.717, 1.165) is 0 Å². The zero-order valence-corrected chi connectivity index (χ0v) is 13.3. The van der Waals surface area contributed by atoms with Crippen molar-refractivity contribution in [2.24, 2.45) is 0 Å². The van der Waals surface area contributed by atoms with E-state index in [1.165, 1.54) is 17.2 Å². The van der Waals surface area contributed by atoms with Gasteiger partial charge in [-0.3, -0.25) is 0 Å². The molecule has 0 atom stereocenters. The SMILES string of the molecule is C[Si](C)(C)C[c-]1[cH-][cH-][cH-][cH-]1.C[c-]1cccc1.[Fe]. The van der Waals surface area contributed by atoms with E-state index in [0.29, 0.717) is 0 Å². The van der Waals surface area contributed by atoms with Crippen LogP contribution in [0.1, 0.15) is 11.1 Å². The van der Waals surface area contributed by atoms with Crippen molar-refractivity contribution in [2.75, 3.05) is 0 Å². The molecule has 2 aromatic carbocycles. The third-order valence-electron chi connectivity index (χ3n) is 2.30. The maximum Gasteiger partial charge on any atom is 0.0133 e. The van der Waals surface area contributed by atoms with Crippen LogP contribution in [0.5, 0.6) is 0 Å². The molecule has 0 fully saturated rings. The van der Waals surface area contributed by atoms with Crippen LogP contribution in [-0.4, -0.2) is 8.07 Å². The first-order chi connectivity index (χ1) is 7.47. The minimum atomic E-state index is -0.862. The van der Waals surface area contributed by atoms with Gasteiger partial charge in [0, 0.05) is 25.1 Å². The topological polar surface area (TPSA) is 0 Å². The Hall–Kier alpha value is -0.564. The molecule has 0 aliphatic rings. The fourth-order valence-corrected chi connectivity index (χ4v) is 3.07. The molecule has 0 aliphatic carbocycles. The summed E-state index contributed by atoms with van der Waals surface area (Å²) >= 11 is 0. The predicted octanol–water partition coefficient (Wildman–Crippen LogP) is 4.54. The first-order valence-electron chi connectivity index (χ1n) is 5.86. The first-order valence-corrected chi connectivity index (χ1v) is 9.57. The van der Waals surface area contributed by atoms with Gasteiger partial charge in [-0.2, -0.15) is 17.7 Å². The minimum absolute atomic E-state index is 0. The van der Waals surface area contributed by atoms with E-state index >= 15 is 0 Å². The molecule has 0 saturated heterocycles. The average molecular weight is 286 g/mol. The van der Waals surface area contributed by atoms with Gasteiger partial charge in [-0.05, 0) is 0 Å². The van der Waals surface area contributed by atoms with Gasteiger partial charge >= 0.3 is 0 Å². The largest absolute Gasteiger partial charge is 0.748 e. The zero-order chi connectivity index (χ0) is 12.0. The molecule has 100 valence electrons. The van der Waals surface area contributed by atoms with E-state index in [1.807, 2.05) is 12.1 Å². The molecule has 0 aromatic heterocycles. The molecule has 0 bridgehead atoms. The third kappa shape index (κ3) is 8.20. The van der Waals surface area contributed by atoms with Crippen LogP contribution in [0.15, 0.2) is 48.5 Å². The van der Waals surface area contributed by atoms with Gasteiger partial charge in [0.15, 0.2) is 0 Å². The smallest absolute Gasteiger partial charge is 0.0133 e. The molecule has 0 N–H and O–H groups in total. The summed E-state index contributed by atoms with van der Waals surface area (Å²) in [7, 11) is -0.862. The summed E-state index contributed by atoms with van der Waals surface area (Å²) in [6, 6.07) is 18.2. The minimum Gasteiger partial charge on any atom is -0.748 e. The summed E-state index contributed by atoms with van der Waals surface area (Å²) in [5.41, 5.74) is 2.86. The van der Waals surface area contributed by atoms with Crippen molar-refractivity contribution in [1.29, 1.82) is 0 Å². The molecule has 0 nitrogen and oxygen atoms in total.